The van der Waals surface area contributed by atoms with Gasteiger partial charge in [-0.15, -0.1) is 0 Å². The molecular weight excluding hydrogens is 103 g/mol. The summed E-state index contributed by atoms with van der Waals surface area (Å²) in [6.45, 7) is 0. The van der Waals surface area contributed by atoms with Gasteiger partial charge in [0, 0.05) is 0 Å². The summed E-state index contributed by atoms with van der Waals surface area (Å²) in [5.41, 5.74) is 0. The van der Waals surface area contributed by atoms with Crippen molar-refractivity contribution < 1.29 is 13.6 Å². The molecule has 2 bridgehead atoms. The summed E-state index contributed by atoms with van der Waals surface area (Å²) in [4.78, 5) is 0. The van der Waals surface area contributed by atoms with Crippen LogP contribution < -0.4 is 0 Å². The maximum Gasteiger partial charge on any atom is 0.534 e. The van der Waals surface area contributed by atoms with Gasteiger partial charge in [0.25, 0.3) is 0 Å². The minimum atomic E-state index is -0.914. The number of fused-ring (bicyclic) bond motifs is 1. The average molecular weight is 104 g/mol. The van der Waals surface area contributed by atoms with Crippen molar-refractivity contribution in [3.8, 4) is 0 Å². The van der Waals surface area contributed by atoms with E-state index in [2.05, 4.69) is 4.52 Å². The van der Waals surface area contributed by atoms with Crippen molar-refractivity contribution in [1.82, 2.24) is 0 Å². The van der Waals surface area contributed by atoms with E-state index >= 15 is 0 Å². The zero-order valence-corrected chi connectivity index (χ0v) is 3.64. The monoisotopic (exact) mass is 104 g/mol. The Morgan fingerprint density at radius 2 is 2.33 bits per heavy atom. The van der Waals surface area contributed by atoms with Crippen molar-refractivity contribution >= 4 is 8.60 Å². The molecule has 0 amide bonds. The lowest BCUT2D eigenvalue weighted by molar-refractivity contribution is 0.143. The van der Waals surface area contributed by atoms with Crippen LogP contribution in [0.25, 0.3) is 0 Å². The molecule has 0 spiro atoms. The van der Waals surface area contributed by atoms with Crippen molar-refractivity contribution in [2.45, 2.75) is 0 Å². The lowest BCUT2D eigenvalue weighted by Crippen LogP contribution is -1.93. The zero-order chi connectivity index (χ0) is 3.98. The van der Waals surface area contributed by atoms with E-state index in [-0.39, 0.29) is 0 Å². The van der Waals surface area contributed by atoms with Crippen LogP contribution in [0.15, 0.2) is 12.2 Å². The largest absolute Gasteiger partial charge is 0.534 e. The molecule has 4 heteroatoms. The Bertz CT molecular complexity index is 98.6. The van der Waals surface area contributed by atoms with Crippen LogP contribution in [-0.4, -0.2) is 0 Å². The Morgan fingerprint density at radius 1 is 1.50 bits per heavy atom. The zero-order valence-electron chi connectivity index (χ0n) is 2.75. The number of hydrogen-bond acceptors (Lipinski definition) is 3. The molecule has 3 rings (SSSR count). The first kappa shape index (κ1) is 2.69. The van der Waals surface area contributed by atoms with Crippen LogP contribution in [0.1, 0.15) is 0 Å². The Labute approximate surface area is 35.5 Å². The molecule has 0 saturated carbocycles. The van der Waals surface area contributed by atoms with Crippen molar-refractivity contribution in [3.05, 3.63) is 12.2 Å². The molecule has 1 fully saturated rings. The Kier molecular flexibility index (Phi) is 0.286. The summed E-state index contributed by atoms with van der Waals surface area (Å²) >= 11 is 0. The highest BCUT2D eigenvalue weighted by Crippen LogP contribution is 2.60. The first-order valence-electron chi connectivity index (χ1n) is 1.48. The molecule has 3 heterocycles. The molecule has 1 saturated heterocycles. The molecular formula is C2HO3P. The van der Waals surface area contributed by atoms with Gasteiger partial charge >= 0.3 is 14.5 Å². The van der Waals surface area contributed by atoms with Gasteiger partial charge in [0.1, 0.15) is 0 Å². The topological polar surface area (TPSA) is 27.7 Å². The maximum atomic E-state index is 4.73. The molecule has 3 aliphatic heterocycles. The predicted molar refractivity (Wildman–Crippen MR) is 18.3 cm³/mol. The SMILES string of the molecule is C1=C2OP(O1)O2. The highest BCUT2D eigenvalue weighted by atomic mass is 31.2. The van der Waals surface area contributed by atoms with E-state index in [0.29, 0.717) is 5.95 Å². The second kappa shape index (κ2) is 0.636. The van der Waals surface area contributed by atoms with Crippen molar-refractivity contribution in [1.29, 1.82) is 0 Å². The first-order chi connectivity index (χ1) is 2.95. The van der Waals surface area contributed by atoms with Crippen LogP contribution in [0.2, 0.25) is 0 Å². The second-order valence-corrected chi connectivity index (χ2v) is 1.97. The minimum Gasteiger partial charge on any atom is -0.409 e. The molecule has 0 radical (unpaired) electrons. The summed E-state index contributed by atoms with van der Waals surface area (Å²) in [5.74, 6) is 0.529. The third-order valence-corrected chi connectivity index (χ3v) is 1.50. The van der Waals surface area contributed by atoms with Crippen LogP contribution in [-0.2, 0) is 13.6 Å². The third-order valence-electron chi connectivity index (χ3n) is 0.564. The lowest BCUT2D eigenvalue weighted by atomic mass is 11.0. The van der Waals surface area contributed by atoms with E-state index in [4.69, 9.17) is 9.05 Å². The van der Waals surface area contributed by atoms with Gasteiger partial charge < -0.3 is 13.6 Å². The van der Waals surface area contributed by atoms with Crippen LogP contribution >= 0.6 is 8.60 Å². The summed E-state index contributed by atoms with van der Waals surface area (Å²) in [5, 5.41) is 0. The molecule has 0 aromatic heterocycles. The lowest BCUT2D eigenvalue weighted by Gasteiger charge is -2.14. The molecule has 0 unspecified atom stereocenters. The first-order valence-corrected chi connectivity index (χ1v) is 2.58. The Hall–Kier alpha value is -0.430. The van der Waals surface area contributed by atoms with Gasteiger partial charge in [-0.2, -0.15) is 0 Å². The predicted octanol–water partition coefficient (Wildman–Crippen LogP) is 1.09. The normalized spacial score (nSPS) is 25.7. The summed E-state index contributed by atoms with van der Waals surface area (Å²) in [6.07, 6.45) is 1.48. The van der Waals surface area contributed by atoms with E-state index in [1.807, 2.05) is 0 Å². The van der Waals surface area contributed by atoms with E-state index in [1.54, 1.807) is 0 Å². The van der Waals surface area contributed by atoms with E-state index < -0.39 is 8.60 Å². The molecule has 0 aromatic rings. The smallest absolute Gasteiger partial charge is 0.409 e. The summed E-state index contributed by atoms with van der Waals surface area (Å²) in [7, 11) is -0.914. The minimum absolute atomic E-state index is 0.529. The molecule has 32 valence electrons. The summed E-state index contributed by atoms with van der Waals surface area (Å²) < 4.78 is 14.1. The standard InChI is InChI=1S/C2HO3P/c1-2-4-6(3-1)5-2/h1H. The molecule has 0 N–H and O–H groups in total. The van der Waals surface area contributed by atoms with Crippen LogP contribution in [0.4, 0.5) is 0 Å². The van der Waals surface area contributed by atoms with Gasteiger partial charge in [0.2, 0.25) is 0 Å². The van der Waals surface area contributed by atoms with Gasteiger partial charge in [0.15, 0.2) is 6.26 Å². The third kappa shape index (κ3) is 0.149. The fourth-order valence-electron chi connectivity index (χ4n) is 0.326. The van der Waals surface area contributed by atoms with E-state index in [1.165, 1.54) is 6.26 Å². The van der Waals surface area contributed by atoms with E-state index in [0.717, 1.165) is 0 Å². The van der Waals surface area contributed by atoms with Gasteiger partial charge in [-0.3, -0.25) is 0 Å². The molecule has 0 atom stereocenters. The van der Waals surface area contributed by atoms with Crippen molar-refractivity contribution in [2.24, 2.45) is 0 Å². The van der Waals surface area contributed by atoms with Crippen molar-refractivity contribution in [2.75, 3.05) is 0 Å². The highest BCUT2D eigenvalue weighted by molar-refractivity contribution is 7.43. The molecule has 6 heavy (non-hydrogen) atoms. The van der Waals surface area contributed by atoms with Gasteiger partial charge in [-0.05, 0) is 0 Å². The molecule has 3 nitrogen and oxygen atoms in total. The van der Waals surface area contributed by atoms with E-state index in [9.17, 15) is 0 Å². The van der Waals surface area contributed by atoms with Gasteiger partial charge in [0.05, 0.1) is 0 Å². The van der Waals surface area contributed by atoms with Crippen LogP contribution in [0.5, 0.6) is 0 Å². The molecule has 0 aromatic carbocycles. The summed E-state index contributed by atoms with van der Waals surface area (Å²) in [6, 6.07) is 0. The highest BCUT2D eigenvalue weighted by Gasteiger charge is 2.39. The molecule has 0 aliphatic carbocycles. The fraction of sp³-hybridized carbons (Fsp3) is 0. The average Bonchev–Trinajstić information content (AvgIpc) is 1.72. The Morgan fingerprint density at radius 3 is 2.50 bits per heavy atom. The maximum absolute atomic E-state index is 4.73. The fourth-order valence-corrected chi connectivity index (χ4v) is 0.978. The number of rotatable bonds is 0. The van der Waals surface area contributed by atoms with Gasteiger partial charge in [-0.25, -0.2) is 0 Å². The Balaban J connectivity index is 2.37. The number of hydrogen-bond donors (Lipinski definition) is 0. The molecule has 3 aliphatic rings. The second-order valence-electron chi connectivity index (χ2n) is 0.948. The van der Waals surface area contributed by atoms with Crippen LogP contribution in [0, 0.1) is 0 Å². The van der Waals surface area contributed by atoms with Gasteiger partial charge in [-0.1, -0.05) is 0 Å². The van der Waals surface area contributed by atoms with Crippen molar-refractivity contribution in [3.63, 3.8) is 0 Å². The quantitative estimate of drug-likeness (QED) is 0.430. The van der Waals surface area contributed by atoms with Crippen LogP contribution in [0.3, 0.4) is 0 Å².